The molecule has 2 N–H and O–H groups in total. The van der Waals surface area contributed by atoms with Gasteiger partial charge in [-0.25, -0.2) is 4.79 Å². The normalized spacial score (nSPS) is 21.1. The highest BCUT2D eigenvalue weighted by Gasteiger charge is 2.40. The molecular formula is C16H18ClN3O2. The maximum atomic E-state index is 12.7. The van der Waals surface area contributed by atoms with Gasteiger partial charge in [0.25, 0.3) is 5.91 Å². The SMILES string of the molecule is CC(C)CN1CC2=C(C1=O)[C@H](c1ccccc1Cl)NC(=O)N2. The van der Waals surface area contributed by atoms with Crippen LogP contribution in [0.15, 0.2) is 35.5 Å². The smallest absolute Gasteiger partial charge is 0.319 e. The van der Waals surface area contributed by atoms with Crippen LogP contribution in [0.5, 0.6) is 0 Å². The van der Waals surface area contributed by atoms with Gasteiger partial charge in [0.1, 0.15) is 0 Å². The number of benzene rings is 1. The number of hydrogen-bond donors (Lipinski definition) is 2. The monoisotopic (exact) mass is 319 g/mol. The third-order valence-electron chi connectivity index (χ3n) is 3.82. The zero-order chi connectivity index (χ0) is 15.9. The predicted octanol–water partition coefficient (Wildman–Crippen LogP) is 2.45. The van der Waals surface area contributed by atoms with Crippen molar-refractivity contribution in [1.82, 2.24) is 15.5 Å². The molecule has 5 nitrogen and oxygen atoms in total. The van der Waals surface area contributed by atoms with Crippen molar-refractivity contribution in [2.45, 2.75) is 19.9 Å². The van der Waals surface area contributed by atoms with Crippen molar-refractivity contribution >= 4 is 23.5 Å². The molecule has 0 saturated heterocycles. The lowest BCUT2D eigenvalue weighted by molar-refractivity contribution is -0.126. The molecule has 2 heterocycles. The molecule has 116 valence electrons. The Balaban J connectivity index is 1.98. The third-order valence-corrected chi connectivity index (χ3v) is 4.17. The fraction of sp³-hybridized carbons (Fsp3) is 0.375. The van der Waals surface area contributed by atoms with Gasteiger partial charge in [-0.1, -0.05) is 43.6 Å². The second-order valence-electron chi connectivity index (χ2n) is 6.02. The molecule has 0 radical (unpaired) electrons. The van der Waals surface area contributed by atoms with Crippen molar-refractivity contribution in [3.63, 3.8) is 0 Å². The molecule has 0 unspecified atom stereocenters. The van der Waals surface area contributed by atoms with E-state index in [0.717, 1.165) is 5.56 Å². The van der Waals surface area contributed by atoms with Crippen LogP contribution in [0.3, 0.4) is 0 Å². The molecule has 3 amide bonds. The molecule has 1 aromatic carbocycles. The van der Waals surface area contributed by atoms with Crippen LogP contribution in [0.2, 0.25) is 5.02 Å². The van der Waals surface area contributed by atoms with E-state index in [1.807, 2.05) is 18.2 Å². The maximum Gasteiger partial charge on any atom is 0.319 e. The van der Waals surface area contributed by atoms with Crippen LogP contribution in [0.25, 0.3) is 0 Å². The lowest BCUT2D eigenvalue weighted by atomic mass is 9.96. The number of nitrogens with one attached hydrogen (secondary N) is 2. The molecule has 0 spiro atoms. The highest BCUT2D eigenvalue weighted by atomic mass is 35.5. The summed E-state index contributed by atoms with van der Waals surface area (Å²) in [5.41, 5.74) is 2.01. The summed E-state index contributed by atoms with van der Waals surface area (Å²) in [5, 5.41) is 6.10. The Bertz CT molecular complexity index is 669. The Morgan fingerprint density at radius 2 is 2.05 bits per heavy atom. The number of nitrogens with zero attached hydrogens (tertiary/aromatic N) is 1. The minimum absolute atomic E-state index is 0.0406. The second-order valence-corrected chi connectivity index (χ2v) is 6.43. The number of urea groups is 1. The van der Waals surface area contributed by atoms with Gasteiger partial charge in [-0.15, -0.1) is 0 Å². The van der Waals surface area contributed by atoms with E-state index < -0.39 is 6.04 Å². The Kier molecular flexibility index (Phi) is 3.83. The van der Waals surface area contributed by atoms with E-state index in [1.165, 1.54) is 0 Å². The van der Waals surface area contributed by atoms with Gasteiger partial charge in [-0.05, 0) is 17.5 Å². The third kappa shape index (κ3) is 2.57. The molecule has 2 aliphatic rings. The van der Waals surface area contributed by atoms with Crippen molar-refractivity contribution in [2.24, 2.45) is 5.92 Å². The van der Waals surface area contributed by atoms with Gasteiger partial charge in [-0.2, -0.15) is 0 Å². The molecule has 1 aromatic rings. The minimum atomic E-state index is -0.498. The first-order valence-corrected chi connectivity index (χ1v) is 7.69. The van der Waals surface area contributed by atoms with Crippen molar-refractivity contribution in [1.29, 1.82) is 0 Å². The summed E-state index contributed by atoms with van der Waals surface area (Å²) in [6, 6.07) is 6.47. The van der Waals surface area contributed by atoms with Gasteiger partial charge in [0.2, 0.25) is 0 Å². The van der Waals surface area contributed by atoms with Crippen LogP contribution in [-0.4, -0.2) is 29.9 Å². The molecular weight excluding hydrogens is 302 g/mol. The fourth-order valence-corrected chi connectivity index (χ4v) is 3.20. The molecule has 0 aromatic heterocycles. The van der Waals surface area contributed by atoms with Gasteiger partial charge in [0.15, 0.2) is 0 Å². The number of hydrogen-bond acceptors (Lipinski definition) is 2. The van der Waals surface area contributed by atoms with E-state index >= 15 is 0 Å². The number of rotatable bonds is 3. The Labute approximate surface area is 134 Å². The van der Waals surface area contributed by atoms with E-state index in [2.05, 4.69) is 24.5 Å². The molecule has 1 atom stereocenters. The Morgan fingerprint density at radius 3 is 2.73 bits per heavy atom. The topological polar surface area (TPSA) is 61.4 Å². The summed E-state index contributed by atoms with van der Waals surface area (Å²) < 4.78 is 0. The number of carbonyl (C=O) groups is 2. The van der Waals surface area contributed by atoms with Crippen LogP contribution in [0, 0.1) is 5.92 Å². The minimum Gasteiger partial charge on any atom is -0.333 e. The molecule has 6 heteroatoms. The van der Waals surface area contributed by atoms with Crippen LogP contribution in [-0.2, 0) is 4.79 Å². The van der Waals surface area contributed by atoms with Crippen molar-refractivity contribution in [3.05, 3.63) is 46.1 Å². The molecule has 0 bridgehead atoms. The summed E-state index contributed by atoms with van der Waals surface area (Å²) in [4.78, 5) is 26.4. The van der Waals surface area contributed by atoms with Gasteiger partial charge < -0.3 is 15.5 Å². The number of amides is 3. The average Bonchev–Trinajstić information content (AvgIpc) is 2.74. The summed E-state index contributed by atoms with van der Waals surface area (Å²) in [6.45, 7) is 5.23. The number of carbonyl (C=O) groups excluding carboxylic acids is 2. The first kappa shape index (κ1) is 14.9. The average molecular weight is 320 g/mol. The molecule has 2 aliphatic heterocycles. The van der Waals surface area contributed by atoms with Gasteiger partial charge in [0, 0.05) is 11.6 Å². The zero-order valence-corrected chi connectivity index (χ0v) is 13.3. The standard InChI is InChI=1S/C16H18ClN3O2/c1-9(2)7-20-8-12-13(15(20)21)14(19-16(22)18-12)10-5-3-4-6-11(10)17/h3-6,9,14H,7-8H2,1-2H3,(H2,18,19,22)/t14-/m0/s1. The lowest BCUT2D eigenvalue weighted by Gasteiger charge is -2.26. The maximum absolute atomic E-state index is 12.7. The molecule has 22 heavy (non-hydrogen) atoms. The largest absolute Gasteiger partial charge is 0.333 e. The Hall–Kier alpha value is -2.01. The van der Waals surface area contributed by atoms with E-state index in [1.54, 1.807) is 11.0 Å². The molecule has 0 saturated carbocycles. The summed E-state index contributed by atoms with van der Waals surface area (Å²) in [7, 11) is 0. The lowest BCUT2D eigenvalue weighted by Crippen LogP contribution is -2.44. The first-order chi connectivity index (χ1) is 10.5. The Morgan fingerprint density at radius 1 is 1.32 bits per heavy atom. The van der Waals surface area contributed by atoms with Crippen LogP contribution in [0.1, 0.15) is 25.5 Å². The van der Waals surface area contributed by atoms with E-state index in [4.69, 9.17) is 11.6 Å². The molecule has 3 rings (SSSR count). The number of halogens is 1. The fourth-order valence-electron chi connectivity index (χ4n) is 2.96. The summed E-state index contributed by atoms with van der Waals surface area (Å²) >= 11 is 6.24. The van der Waals surface area contributed by atoms with Crippen molar-refractivity contribution in [2.75, 3.05) is 13.1 Å². The van der Waals surface area contributed by atoms with E-state index in [0.29, 0.717) is 35.3 Å². The van der Waals surface area contributed by atoms with Crippen molar-refractivity contribution in [3.8, 4) is 0 Å². The van der Waals surface area contributed by atoms with Gasteiger partial charge in [-0.3, -0.25) is 4.79 Å². The van der Waals surface area contributed by atoms with Crippen LogP contribution < -0.4 is 10.6 Å². The summed E-state index contributed by atoms with van der Waals surface area (Å²) in [5.74, 6) is 0.328. The predicted molar refractivity (Wildman–Crippen MR) is 84.3 cm³/mol. The zero-order valence-electron chi connectivity index (χ0n) is 12.5. The molecule has 0 fully saturated rings. The van der Waals surface area contributed by atoms with Gasteiger partial charge >= 0.3 is 6.03 Å². The van der Waals surface area contributed by atoms with E-state index in [9.17, 15) is 9.59 Å². The van der Waals surface area contributed by atoms with Crippen LogP contribution in [0.4, 0.5) is 4.79 Å². The van der Waals surface area contributed by atoms with Crippen molar-refractivity contribution < 1.29 is 9.59 Å². The van der Waals surface area contributed by atoms with E-state index in [-0.39, 0.29) is 11.9 Å². The first-order valence-electron chi connectivity index (χ1n) is 7.31. The van der Waals surface area contributed by atoms with Gasteiger partial charge in [0.05, 0.1) is 23.9 Å². The quantitative estimate of drug-likeness (QED) is 0.899. The molecule has 0 aliphatic carbocycles. The highest BCUT2D eigenvalue weighted by molar-refractivity contribution is 6.31. The summed E-state index contributed by atoms with van der Waals surface area (Å²) in [6.07, 6.45) is 0. The van der Waals surface area contributed by atoms with Crippen LogP contribution >= 0.6 is 11.6 Å². The highest BCUT2D eigenvalue weighted by Crippen LogP contribution is 2.35. The second kappa shape index (κ2) is 5.65.